The first-order chi connectivity index (χ1) is 7.28. The Kier molecular flexibility index (Phi) is 3.71. The standard InChI is InChI=1S/C14H27N/c1-3-12-6-8-13(9-7-12)15-14(4-2)10-5-11-14/h12-13,15H,3-11H2,1-2H3. The molecule has 1 heteroatoms. The van der Waals surface area contributed by atoms with Gasteiger partial charge in [-0.15, -0.1) is 0 Å². The summed E-state index contributed by atoms with van der Waals surface area (Å²) in [6.45, 7) is 4.70. The molecule has 2 fully saturated rings. The number of rotatable bonds is 4. The van der Waals surface area contributed by atoms with E-state index in [-0.39, 0.29) is 0 Å². The Morgan fingerprint density at radius 1 is 1.07 bits per heavy atom. The Bertz CT molecular complexity index is 182. The minimum Gasteiger partial charge on any atom is -0.309 e. The van der Waals surface area contributed by atoms with Crippen molar-refractivity contribution in [2.24, 2.45) is 5.92 Å². The molecule has 0 spiro atoms. The van der Waals surface area contributed by atoms with Crippen LogP contribution in [0.1, 0.15) is 71.6 Å². The van der Waals surface area contributed by atoms with Gasteiger partial charge in [0.1, 0.15) is 0 Å². The first-order valence-corrected chi connectivity index (χ1v) is 7.05. The van der Waals surface area contributed by atoms with Crippen LogP contribution in [0, 0.1) is 5.92 Å². The van der Waals surface area contributed by atoms with Gasteiger partial charge in [-0.1, -0.05) is 20.3 Å². The van der Waals surface area contributed by atoms with Crippen molar-refractivity contribution in [1.82, 2.24) is 5.32 Å². The van der Waals surface area contributed by atoms with Crippen LogP contribution in [0.3, 0.4) is 0 Å². The largest absolute Gasteiger partial charge is 0.309 e. The molecule has 0 saturated heterocycles. The van der Waals surface area contributed by atoms with Crippen LogP contribution in [0.15, 0.2) is 0 Å². The maximum atomic E-state index is 3.96. The second-order valence-electron chi connectivity index (χ2n) is 5.76. The van der Waals surface area contributed by atoms with Gasteiger partial charge in [0.05, 0.1) is 0 Å². The molecule has 0 aromatic rings. The van der Waals surface area contributed by atoms with Gasteiger partial charge in [-0.25, -0.2) is 0 Å². The summed E-state index contributed by atoms with van der Waals surface area (Å²) in [6, 6.07) is 0.841. The van der Waals surface area contributed by atoms with E-state index in [1.54, 1.807) is 0 Å². The first kappa shape index (κ1) is 11.4. The molecule has 0 aromatic heterocycles. The third kappa shape index (κ3) is 2.55. The van der Waals surface area contributed by atoms with Crippen molar-refractivity contribution in [2.75, 3.05) is 0 Å². The molecule has 1 nitrogen and oxygen atoms in total. The predicted molar refractivity (Wildman–Crippen MR) is 66.0 cm³/mol. The van der Waals surface area contributed by atoms with Gasteiger partial charge < -0.3 is 5.32 Å². The fourth-order valence-electron chi connectivity index (χ4n) is 3.35. The molecule has 2 rings (SSSR count). The lowest BCUT2D eigenvalue weighted by Crippen LogP contribution is -2.55. The second-order valence-corrected chi connectivity index (χ2v) is 5.76. The fourth-order valence-corrected chi connectivity index (χ4v) is 3.35. The van der Waals surface area contributed by atoms with Gasteiger partial charge in [0.25, 0.3) is 0 Å². The van der Waals surface area contributed by atoms with Crippen LogP contribution in [-0.2, 0) is 0 Å². The van der Waals surface area contributed by atoms with Crippen LogP contribution in [0.25, 0.3) is 0 Å². The lowest BCUT2D eigenvalue weighted by Gasteiger charge is -2.46. The van der Waals surface area contributed by atoms with Crippen LogP contribution < -0.4 is 5.32 Å². The van der Waals surface area contributed by atoms with E-state index in [4.69, 9.17) is 0 Å². The molecular weight excluding hydrogens is 182 g/mol. The molecule has 0 aliphatic heterocycles. The summed E-state index contributed by atoms with van der Waals surface area (Å²) in [5, 5.41) is 3.96. The van der Waals surface area contributed by atoms with Gasteiger partial charge in [0, 0.05) is 11.6 Å². The van der Waals surface area contributed by atoms with E-state index < -0.39 is 0 Å². The Labute approximate surface area is 95.0 Å². The van der Waals surface area contributed by atoms with Crippen molar-refractivity contribution in [2.45, 2.75) is 83.2 Å². The molecule has 0 amide bonds. The van der Waals surface area contributed by atoms with Crippen molar-refractivity contribution < 1.29 is 0 Å². The summed E-state index contributed by atoms with van der Waals surface area (Å²) < 4.78 is 0. The molecule has 2 aliphatic carbocycles. The van der Waals surface area contributed by atoms with E-state index in [1.807, 2.05) is 0 Å². The summed E-state index contributed by atoms with van der Waals surface area (Å²) in [5.74, 6) is 1.03. The quantitative estimate of drug-likeness (QED) is 0.741. The number of hydrogen-bond acceptors (Lipinski definition) is 1. The molecule has 15 heavy (non-hydrogen) atoms. The molecule has 2 aliphatic rings. The zero-order chi connectivity index (χ0) is 10.7. The molecule has 0 aromatic carbocycles. The average Bonchev–Trinajstić information content (AvgIpc) is 2.24. The Balaban J connectivity index is 1.76. The van der Waals surface area contributed by atoms with Crippen molar-refractivity contribution >= 4 is 0 Å². The zero-order valence-corrected chi connectivity index (χ0v) is 10.5. The Morgan fingerprint density at radius 3 is 2.13 bits per heavy atom. The molecule has 0 heterocycles. The summed E-state index contributed by atoms with van der Waals surface area (Å²) in [6.07, 6.45) is 12.8. The first-order valence-electron chi connectivity index (χ1n) is 7.05. The van der Waals surface area contributed by atoms with E-state index >= 15 is 0 Å². The summed E-state index contributed by atoms with van der Waals surface area (Å²) in [7, 11) is 0. The summed E-state index contributed by atoms with van der Waals surface area (Å²) >= 11 is 0. The van der Waals surface area contributed by atoms with Crippen LogP contribution in [0.4, 0.5) is 0 Å². The van der Waals surface area contributed by atoms with Crippen molar-refractivity contribution in [1.29, 1.82) is 0 Å². The van der Waals surface area contributed by atoms with Crippen LogP contribution in [0.5, 0.6) is 0 Å². The van der Waals surface area contributed by atoms with Gasteiger partial charge >= 0.3 is 0 Å². The van der Waals surface area contributed by atoms with Gasteiger partial charge in [0.15, 0.2) is 0 Å². The Hall–Kier alpha value is -0.0400. The highest BCUT2D eigenvalue weighted by atomic mass is 15.0. The predicted octanol–water partition coefficient (Wildman–Crippen LogP) is 3.88. The maximum Gasteiger partial charge on any atom is 0.0181 e. The second kappa shape index (κ2) is 4.86. The molecule has 2 saturated carbocycles. The van der Waals surface area contributed by atoms with Gasteiger partial charge in [-0.2, -0.15) is 0 Å². The fraction of sp³-hybridized carbons (Fsp3) is 1.00. The molecule has 1 N–H and O–H groups in total. The van der Waals surface area contributed by atoms with Crippen molar-refractivity contribution in [3.63, 3.8) is 0 Å². The van der Waals surface area contributed by atoms with E-state index in [0.29, 0.717) is 5.54 Å². The minimum absolute atomic E-state index is 0.559. The lowest BCUT2D eigenvalue weighted by atomic mass is 9.73. The minimum atomic E-state index is 0.559. The molecule has 0 atom stereocenters. The van der Waals surface area contributed by atoms with Crippen LogP contribution >= 0.6 is 0 Å². The molecule has 0 bridgehead atoms. The average molecular weight is 209 g/mol. The topological polar surface area (TPSA) is 12.0 Å². The van der Waals surface area contributed by atoms with Crippen molar-refractivity contribution in [3.05, 3.63) is 0 Å². The van der Waals surface area contributed by atoms with E-state index in [9.17, 15) is 0 Å². The highest BCUT2D eigenvalue weighted by Crippen LogP contribution is 2.37. The van der Waals surface area contributed by atoms with Gasteiger partial charge in [-0.3, -0.25) is 0 Å². The molecule has 0 radical (unpaired) electrons. The molecule has 88 valence electrons. The normalized spacial score (nSPS) is 34.8. The lowest BCUT2D eigenvalue weighted by molar-refractivity contribution is 0.133. The number of hydrogen-bond donors (Lipinski definition) is 1. The zero-order valence-electron chi connectivity index (χ0n) is 10.5. The summed E-state index contributed by atoms with van der Waals surface area (Å²) in [5.41, 5.74) is 0.559. The molecular formula is C14H27N. The van der Waals surface area contributed by atoms with E-state index in [1.165, 1.54) is 57.8 Å². The number of nitrogens with one attached hydrogen (secondary N) is 1. The third-order valence-electron chi connectivity index (χ3n) is 4.92. The highest BCUT2D eigenvalue weighted by molar-refractivity contribution is 4.97. The molecule has 0 unspecified atom stereocenters. The highest BCUT2D eigenvalue weighted by Gasteiger charge is 2.37. The monoisotopic (exact) mass is 209 g/mol. The van der Waals surface area contributed by atoms with E-state index in [2.05, 4.69) is 19.2 Å². The Morgan fingerprint density at radius 2 is 1.73 bits per heavy atom. The smallest absolute Gasteiger partial charge is 0.0181 e. The van der Waals surface area contributed by atoms with Gasteiger partial charge in [-0.05, 0) is 57.3 Å². The third-order valence-corrected chi connectivity index (χ3v) is 4.92. The summed E-state index contributed by atoms with van der Waals surface area (Å²) in [4.78, 5) is 0. The van der Waals surface area contributed by atoms with Crippen LogP contribution in [-0.4, -0.2) is 11.6 Å². The van der Waals surface area contributed by atoms with Crippen molar-refractivity contribution in [3.8, 4) is 0 Å². The SMILES string of the molecule is CCC1CCC(NC2(CC)CCC2)CC1. The van der Waals surface area contributed by atoms with Gasteiger partial charge in [0.2, 0.25) is 0 Å². The maximum absolute atomic E-state index is 3.96. The van der Waals surface area contributed by atoms with E-state index in [0.717, 1.165) is 12.0 Å². The van der Waals surface area contributed by atoms with Crippen LogP contribution in [0.2, 0.25) is 0 Å².